The minimum Gasteiger partial charge on any atom is -0.373 e. The van der Waals surface area contributed by atoms with Gasteiger partial charge in [-0.1, -0.05) is 59.3 Å². The maximum Gasteiger partial charge on any atom is 0.0865 e. The third-order valence-corrected chi connectivity index (χ3v) is 4.10. The second kappa shape index (κ2) is 7.32. The van der Waals surface area contributed by atoms with Crippen LogP contribution < -0.4 is 0 Å². The van der Waals surface area contributed by atoms with E-state index in [1.54, 1.807) is 0 Å². The Morgan fingerprint density at radius 1 is 0.875 bits per heavy atom. The van der Waals surface area contributed by atoms with Gasteiger partial charge in [-0.25, -0.2) is 0 Å². The first-order chi connectivity index (χ1) is 7.79. The van der Waals surface area contributed by atoms with Crippen LogP contribution in [0.2, 0.25) is 0 Å². The van der Waals surface area contributed by atoms with Crippen molar-refractivity contribution in [2.45, 2.75) is 84.7 Å². The van der Waals surface area contributed by atoms with E-state index in [-0.39, 0.29) is 0 Å². The highest BCUT2D eigenvalue weighted by Crippen LogP contribution is 2.45. The molecule has 0 aliphatic carbocycles. The number of unbranched alkanes of at least 4 members (excludes halogenated alkanes) is 3. The van der Waals surface area contributed by atoms with E-state index in [9.17, 15) is 0 Å². The summed E-state index contributed by atoms with van der Waals surface area (Å²) in [5.74, 6) is 0. The topological polar surface area (TPSA) is 12.5 Å². The smallest absolute Gasteiger partial charge is 0.0865 e. The van der Waals surface area contributed by atoms with Gasteiger partial charge in [-0.05, 0) is 24.7 Å². The molecule has 1 fully saturated rings. The van der Waals surface area contributed by atoms with Crippen molar-refractivity contribution in [1.82, 2.24) is 0 Å². The van der Waals surface area contributed by atoms with E-state index in [0.29, 0.717) is 11.5 Å². The summed E-state index contributed by atoms with van der Waals surface area (Å²) in [7, 11) is 0. The third-order valence-electron chi connectivity index (χ3n) is 4.10. The van der Waals surface area contributed by atoms with Crippen LogP contribution in [0, 0.1) is 5.41 Å². The van der Waals surface area contributed by atoms with E-state index >= 15 is 0 Å². The standard InChI is InChI=1S/C15H30O/c1-4-7-10-15(11-8-5-2,12-9-6-3)14-13-16-14/h14H,4-13H2,1-3H3. The SMILES string of the molecule is CCCCC(CCCC)(CCCC)C1CO1. The largest absolute Gasteiger partial charge is 0.373 e. The molecule has 1 heterocycles. The zero-order valence-corrected chi connectivity index (χ0v) is 11.6. The summed E-state index contributed by atoms with van der Waals surface area (Å²) in [5.41, 5.74) is 0.544. The van der Waals surface area contributed by atoms with Crippen molar-refractivity contribution in [2.75, 3.05) is 6.61 Å². The Morgan fingerprint density at radius 3 is 1.50 bits per heavy atom. The molecule has 0 radical (unpaired) electrons. The summed E-state index contributed by atoms with van der Waals surface area (Å²) in [5, 5.41) is 0. The minimum absolute atomic E-state index is 0.544. The Hall–Kier alpha value is -0.0400. The predicted molar refractivity (Wildman–Crippen MR) is 70.7 cm³/mol. The first-order valence-corrected chi connectivity index (χ1v) is 7.40. The van der Waals surface area contributed by atoms with Crippen LogP contribution >= 0.6 is 0 Å². The molecule has 0 aromatic heterocycles. The lowest BCUT2D eigenvalue weighted by molar-refractivity contribution is 0.139. The lowest BCUT2D eigenvalue weighted by Crippen LogP contribution is -2.28. The van der Waals surface area contributed by atoms with Gasteiger partial charge in [0.25, 0.3) is 0 Å². The van der Waals surface area contributed by atoms with E-state index in [2.05, 4.69) is 20.8 Å². The van der Waals surface area contributed by atoms with Gasteiger partial charge in [0.05, 0.1) is 12.7 Å². The quantitative estimate of drug-likeness (QED) is 0.481. The van der Waals surface area contributed by atoms with Crippen LogP contribution in [0.15, 0.2) is 0 Å². The molecule has 1 saturated heterocycles. The second-order valence-electron chi connectivity index (χ2n) is 5.50. The molecule has 0 spiro atoms. The summed E-state index contributed by atoms with van der Waals surface area (Å²) in [6, 6.07) is 0. The van der Waals surface area contributed by atoms with Gasteiger partial charge >= 0.3 is 0 Å². The molecule has 1 aliphatic heterocycles. The highest BCUT2D eigenvalue weighted by atomic mass is 16.6. The van der Waals surface area contributed by atoms with Crippen molar-refractivity contribution in [3.05, 3.63) is 0 Å². The molecule has 0 bridgehead atoms. The van der Waals surface area contributed by atoms with Crippen LogP contribution in [-0.2, 0) is 4.74 Å². The molecule has 0 N–H and O–H groups in total. The fraction of sp³-hybridized carbons (Fsp3) is 1.00. The first kappa shape index (κ1) is 14.0. The average Bonchev–Trinajstić information content (AvgIpc) is 3.13. The molecule has 0 amide bonds. The minimum atomic E-state index is 0.544. The number of epoxide rings is 1. The summed E-state index contributed by atoms with van der Waals surface area (Å²) in [6.45, 7) is 7.95. The number of hydrogen-bond donors (Lipinski definition) is 0. The molecule has 1 heteroatoms. The molecule has 1 nitrogen and oxygen atoms in total. The number of ether oxygens (including phenoxy) is 1. The van der Waals surface area contributed by atoms with Crippen LogP contribution in [0.5, 0.6) is 0 Å². The Labute approximate surface area is 102 Å². The van der Waals surface area contributed by atoms with Gasteiger partial charge < -0.3 is 4.74 Å². The van der Waals surface area contributed by atoms with Crippen LogP contribution in [0.1, 0.15) is 78.6 Å². The Morgan fingerprint density at radius 2 is 1.25 bits per heavy atom. The van der Waals surface area contributed by atoms with Gasteiger partial charge in [0.15, 0.2) is 0 Å². The van der Waals surface area contributed by atoms with Crippen LogP contribution in [0.3, 0.4) is 0 Å². The molecule has 1 aliphatic rings. The Kier molecular flexibility index (Phi) is 6.41. The normalized spacial score (nSPS) is 20.1. The van der Waals surface area contributed by atoms with Gasteiger partial charge in [-0.3, -0.25) is 0 Å². The average molecular weight is 226 g/mol. The summed E-state index contributed by atoms with van der Waals surface area (Å²) < 4.78 is 5.67. The Balaban J connectivity index is 2.52. The molecule has 96 valence electrons. The van der Waals surface area contributed by atoms with E-state index in [1.165, 1.54) is 57.8 Å². The zero-order valence-electron chi connectivity index (χ0n) is 11.6. The molecule has 0 saturated carbocycles. The van der Waals surface area contributed by atoms with Gasteiger partial charge in [0, 0.05) is 0 Å². The van der Waals surface area contributed by atoms with Crippen molar-refractivity contribution in [1.29, 1.82) is 0 Å². The number of rotatable bonds is 10. The molecule has 1 atom stereocenters. The second-order valence-corrected chi connectivity index (χ2v) is 5.50. The Bertz CT molecular complexity index is 150. The van der Waals surface area contributed by atoms with Gasteiger partial charge in [0.2, 0.25) is 0 Å². The highest BCUT2D eigenvalue weighted by Gasteiger charge is 2.44. The van der Waals surface area contributed by atoms with Crippen molar-refractivity contribution >= 4 is 0 Å². The van der Waals surface area contributed by atoms with Crippen LogP contribution in [0.4, 0.5) is 0 Å². The lowest BCUT2D eigenvalue weighted by atomic mass is 9.72. The monoisotopic (exact) mass is 226 g/mol. The molecule has 1 rings (SSSR count). The zero-order chi connectivity index (χ0) is 11.9. The predicted octanol–water partition coefficient (Wildman–Crippen LogP) is 4.94. The molecular formula is C15H30O. The molecule has 0 aromatic rings. The molecular weight excluding hydrogens is 196 g/mol. The van der Waals surface area contributed by atoms with E-state index in [4.69, 9.17) is 4.74 Å². The summed E-state index contributed by atoms with van der Waals surface area (Å²) in [4.78, 5) is 0. The molecule has 0 aromatic carbocycles. The van der Waals surface area contributed by atoms with Gasteiger partial charge in [-0.15, -0.1) is 0 Å². The maximum atomic E-state index is 5.67. The molecule has 16 heavy (non-hydrogen) atoms. The van der Waals surface area contributed by atoms with E-state index < -0.39 is 0 Å². The van der Waals surface area contributed by atoms with E-state index in [0.717, 1.165) is 6.61 Å². The third kappa shape index (κ3) is 4.08. The van der Waals surface area contributed by atoms with Crippen LogP contribution in [-0.4, -0.2) is 12.7 Å². The fourth-order valence-electron chi connectivity index (χ4n) is 2.85. The van der Waals surface area contributed by atoms with E-state index in [1.807, 2.05) is 0 Å². The fourth-order valence-corrected chi connectivity index (χ4v) is 2.85. The summed E-state index contributed by atoms with van der Waals surface area (Å²) in [6.07, 6.45) is 12.9. The van der Waals surface area contributed by atoms with Crippen molar-refractivity contribution in [3.63, 3.8) is 0 Å². The highest BCUT2D eigenvalue weighted by molar-refractivity contribution is 4.93. The maximum absolute atomic E-state index is 5.67. The van der Waals surface area contributed by atoms with Crippen molar-refractivity contribution in [2.24, 2.45) is 5.41 Å². The van der Waals surface area contributed by atoms with Gasteiger partial charge in [0.1, 0.15) is 0 Å². The lowest BCUT2D eigenvalue weighted by Gasteiger charge is -2.33. The van der Waals surface area contributed by atoms with Crippen LogP contribution in [0.25, 0.3) is 0 Å². The first-order valence-electron chi connectivity index (χ1n) is 7.40. The number of hydrogen-bond acceptors (Lipinski definition) is 1. The van der Waals surface area contributed by atoms with Crippen molar-refractivity contribution in [3.8, 4) is 0 Å². The molecule has 1 unspecified atom stereocenters. The van der Waals surface area contributed by atoms with Crippen molar-refractivity contribution < 1.29 is 4.74 Å². The van der Waals surface area contributed by atoms with Gasteiger partial charge in [-0.2, -0.15) is 0 Å². The summed E-state index contributed by atoms with van der Waals surface area (Å²) >= 11 is 0.